The molecule has 0 aliphatic heterocycles. The average Bonchev–Trinajstić information content (AvgIpc) is 2.92. The molecule has 2 aromatic carbocycles. The zero-order chi connectivity index (χ0) is 21.0. The van der Waals surface area contributed by atoms with Crippen LogP contribution in [0.3, 0.4) is 0 Å². The Hall–Kier alpha value is -2.56. The molecule has 5 heteroatoms. The first-order valence-corrected chi connectivity index (χ1v) is 10.2. The molecule has 0 aliphatic carbocycles. The second kappa shape index (κ2) is 9.29. The number of aryl methyl sites for hydroxylation is 1. The van der Waals surface area contributed by atoms with E-state index in [1.54, 1.807) is 0 Å². The van der Waals surface area contributed by atoms with E-state index < -0.39 is 5.97 Å². The maximum absolute atomic E-state index is 11.9. The molecule has 0 saturated carbocycles. The summed E-state index contributed by atoms with van der Waals surface area (Å²) in [5.74, 6) is -0.879. The van der Waals surface area contributed by atoms with E-state index in [2.05, 4.69) is 35.0 Å². The van der Waals surface area contributed by atoms with Gasteiger partial charge in [0.05, 0.1) is 5.56 Å². The van der Waals surface area contributed by atoms with Crippen LogP contribution in [-0.4, -0.2) is 22.2 Å². The molecule has 1 aromatic heterocycles. The minimum Gasteiger partial charge on any atom is -0.478 e. The molecule has 0 unspecified atom stereocenters. The molecular formula is C24H27ClN2O2. The van der Waals surface area contributed by atoms with Crippen molar-refractivity contribution in [3.8, 4) is 0 Å². The Morgan fingerprint density at radius 3 is 2.38 bits per heavy atom. The van der Waals surface area contributed by atoms with E-state index >= 15 is 0 Å². The first-order valence-electron chi connectivity index (χ1n) is 9.80. The Balaban J connectivity index is 1.76. The van der Waals surface area contributed by atoms with Gasteiger partial charge in [0, 0.05) is 35.1 Å². The van der Waals surface area contributed by atoms with Crippen LogP contribution in [0.1, 0.15) is 44.0 Å². The topological polar surface area (TPSA) is 54.3 Å². The number of hydrogen-bond acceptors (Lipinski definition) is 2. The van der Waals surface area contributed by atoms with Gasteiger partial charge in [-0.25, -0.2) is 4.79 Å². The predicted molar refractivity (Wildman–Crippen MR) is 118 cm³/mol. The van der Waals surface area contributed by atoms with Crippen LogP contribution in [0.5, 0.6) is 0 Å². The van der Waals surface area contributed by atoms with Crippen molar-refractivity contribution in [1.82, 2.24) is 9.88 Å². The van der Waals surface area contributed by atoms with Crippen LogP contribution >= 0.6 is 11.6 Å². The van der Waals surface area contributed by atoms with Crippen molar-refractivity contribution in [3.05, 3.63) is 92.8 Å². The predicted octanol–water partition coefficient (Wildman–Crippen LogP) is 5.15. The van der Waals surface area contributed by atoms with Crippen LogP contribution in [0.15, 0.2) is 48.5 Å². The molecular weight excluding hydrogens is 384 g/mol. The molecule has 152 valence electrons. The molecule has 0 spiro atoms. The van der Waals surface area contributed by atoms with E-state index in [9.17, 15) is 9.90 Å². The van der Waals surface area contributed by atoms with Crippen molar-refractivity contribution < 1.29 is 9.90 Å². The molecule has 0 saturated heterocycles. The molecule has 2 N–H and O–H groups in total. The highest BCUT2D eigenvalue weighted by molar-refractivity contribution is 6.30. The van der Waals surface area contributed by atoms with Gasteiger partial charge in [0.25, 0.3) is 0 Å². The second-order valence-corrected chi connectivity index (χ2v) is 7.83. The molecule has 0 radical (unpaired) electrons. The lowest BCUT2D eigenvalue weighted by molar-refractivity contribution is 0.0694. The van der Waals surface area contributed by atoms with Crippen molar-refractivity contribution in [2.24, 2.45) is 0 Å². The van der Waals surface area contributed by atoms with Gasteiger partial charge in [-0.05, 0) is 62.6 Å². The molecule has 3 rings (SSSR count). The Bertz CT molecular complexity index is 1010. The Morgan fingerprint density at radius 1 is 1.03 bits per heavy atom. The van der Waals surface area contributed by atoms with E-state index in [1.807, 2.05) is 44.2 Å². The highest BCUT2D eigenvalue weighted by atomic mass is 35.5. The summed E-state index contributed by atoms with van der Waals surface area (Å²) in [5, 5.41) is 13.9. The quantitative estimate of drug-likeness (QED) is 0.505. The summed E-state index contributed by atoms with van der Waals surface area (Å²) in [5.41, 5.74) is 6.70. The number of nitrogens with one attached hydrogen (secondary N) is 1. The Kier molecular flexibility index (Phi) is 6.78. The highest BCUT2D eigenvalue weighted by Crippen LogP contribution is 2.24. The molecule has 0 atom stereocenters. The Labute approximate surface area is 177 Å². The summed E-state index contributed by atoms with van der Waals surface area (Å²) in [6.07, 6.45) is 0.915. The molecule has 0 fully saturated rings. The monoisotopic (exact) mass is 410 g/mol. The first-order chi connectivity index (χ1) is 13.9. The van der Waals surface area contributed by atoms with Crippen LogP contribution in [0.25, 0.3) is 0 Å². The van der Waals surface area contributed by atoms with Gasteiger partial charge in [0.1, 0.15) is 0 Å². The van der Waals surface area contributed by atoms with Crippen LogP contribution in [0.2, 0.25) is 5.02 Å². The van der Waals surface area contributed by atoms with E-state index in [-0.39, 0.29) is 0 Å². The smallest absolute Gasteiger partial charge is 0.337 e. The Morgan fingerprint density at radius 2 is 1.72 bits per heavy atom. The highest BCUT2D eigenvalue weighted by Gasteiger charge is 2.22. The SMILES string of the molecule is Cc1ccccc1CCNCc1c(C(=O)O)c(C)n(Cc2ccc(Cl)cc2)c1C. The van der Waals surface area contributed by atoms with Crippen molar-refractivity contribution >= 4 is 17.6 Å². The number of benzene rings is 2. The number of aromatic nitrogens is 1. The first kappa shape index (κ1) is 21.2. The van der Waals surface area contributed by atoms with Gasteiger partial charge in [-0.2, -0.15) is 0 Å². The normalized spacial score (nSPS) is 11.0. The number of rotatable bonds is 8. The van der Waals surface area contributed by atoms with Crippen LogP contribution in [-0.2, 0) is 19.5 Å². The molecule has 0 aliphatic rings. The molecule has 0 bridgehead atoms. The summed E-state index contributed by atoms with van der Waals surface area (Å²) in [6.45, 7) is 7.94. The van der Waals surface area contributed by atoms with Gasteiger partial charge in [-0.15, -0.1) is 0 Å². The van der Waals surface area contributed by atoms with E-state index in [0.29, 0.717) is 23.7 Å². The summed E-state index contributed by atoms with van der Waals surface area (Å²) in [7, 11) is 0. The summed E-state index contributed by atoms with van der Waals surface area (Å²) < 4.78 is 2.07. The average molecular weight is 411 g/mol. The van der Waals surface area contributed by atoms with Crippen LogP contribution in [0.4, 0.5) is 0 Å². The van der Waals surface area contributed by atoms with E-state index in [1.165, 1.54) is 11.1 Å². The zero-order valence-electron chi connectivity index (χ0n) is 17.1. The molecule has 1 heterocycles. The maximum atomic E-state index is 11.9. The molecule has 0 amide bonds. The van der Waals surface area contributed by atoms with Gasteiger partial charge in [-0.3, -0.25) is 0 Å². The number of aromatic carboxylic acids is 1. The van der Waals surface area contributed by atoms with Crippen molar-refractivity contribution in [1.29, 1.82) is 0 Å². The minimum atomic E-state index is -0.879. The largest absolute Gasteiger partial charge is 0.478 e. The van der Waals surface area contributed by atoms with Gasteiger partial charge in [-0.1, -0.05) is 48.0 Å². The number of carboxylic acids is 1. The third-order valence-electron chi connectivity index (χ3n) is 5.51. The van der Waals surface area contributed by atoms with Crippen molar-refractivity contribution in [3.63, 3.8) is 0 Å². The third-order valence-corrected chi connectivity index (χ3v) is 5.76. The number of hydrogen-bond donors (Lipinski definition) is 2. The van der Waals surface area contributed by atoms with Gasteiger partial charge >= 0.3 is 5.97 Å². The number of carboxylic acid groups (broad SMARTS) is 1. The van der Waals surface area contributed by atoms with E-state index in [4.69, 9.17) is 11.6 Å². The third kappa shape index (κ3) is 4.89. The lowest BCUT2D eigenvalue weighted by Gasteiger charge is -2.11. The van der Waals surface area contributed by atoms with Gasteiger partial charge in [0.2, 0.25) is 0 Å². The summed E-state index contributed by atoms with van der Waals surface area (Å²) >= 11 is 5.98. The fourth-order valence-corrected chi connectivity index (χ4v) is 3.91. The zero-order valence-corrected chi connectivity index (χ0v) is 17.9. The number of halogens is 1. The standard InChI is InChI=1S/C24H27ClN2O2/c1-16-6-4-5-7-20(16)12-13-26-14-22-17(2)27(18(3)23(22)24(28)29)15-19-8-10-21(25)11-9-19/h4-11,26H,12-15H2,1-3H3,(H,28,29). The minimum absolute atomic E-state index is 0.403. The summed E-state index contributed by atoms with van der Waals surface area (Å²) in [6, 6.07) is 16.0. The number of nitrogens with zero attached hydrogens (tertiary/aromatic N) is 1. The number of carbonyl (C=O) groups is 1. The maximum Gasteiger partial charge on any atom is 0.337 e. The fourth-order valence-electron chi connectivity index (χ4n) is 3.79. The molecule has 4 nitrogen and oxygen atoms in total. The lowest BCUT2D eigenvalue weighted by Crippen LogP contribution is -2.19. The van der Waals surface area contributed by atoms with Gasteiger partial charge in [0.15, 0.2) is 0 Å². The summed E-state index contributed by atoms with van der Waals surface area (Å²) in [4.78, 5) is 11.9. The van der Waals surface area contributed by atoms with Gasteiger partial charge < -0.3 is 15.0 Å². The van der Waals surface area contributed by atoms with Crippen molar-refractivity contribution in [2.45, 2.75) is 40.3 Å². The van der Waals surface area contributed by atoms with Crippen LogP contribution < -0.4 is 5.32 Å². The fraction of sp³-hybridized carbons (Fsp3) is 0.292. The van der Waals surface area contributed by atoms with Crippen LogP contribution in [0, 0.1) is 20.8 Å². The molecule has 29 heavy (non-hydrogen) atoms. The van der Waals surface area contributed by atoms with Crippen molar-refractivity contribution in [2.75, 3.05) is 6.54 Å². The van der Waals surface area contributed by atoms with E-state index in [0.717, 1.165) is 35.5 Å². The lowest BCUT2D eigenvalue weighted by atomic mass is 10.1. The molecule has 3 aromatic rings. The second-order valence-electron chi connectivity index (χ2n) is 7.40.